The van der Waals surface area contributed by atoms with Crippen molar-refractivity contribution in [2.24, 2.45) is 0 Å². The summed E-state index contributed by atoms with van der Waals surface area (Å²) in [5.74, 6) is -1.04. The molecule has 3 rings (SSSR count). The smallest absolute Gasteiger partial charge is 0.258 e. The summed E-state index contributed by atoms with van der Waals surface area (Å²) in [5, 5.41) is 5.37. The maximum Gasteiger partial charge on any atom is 0.258 e. The number of fused-ring (bicyclic) bond motifs is 1. The molecule has 0 spiro atoms. The van der Waals surface area contributed by atoms with Gasteiger partial charge in [0.2, 0.25) is 0 Å². The molecule has 0 unspecified atom stereocenters. The van der Waals surface area contributed by atoms with Crippen molar-refractivity contribution in [2.75, 3.05) is 17.7 Å². The summed E-state index contributed by atoms with van der Waals surface area (Å²) in [5.41, 5.74) is 3.28. The van der Waals surface area contributed by atoms with E-state index in [0.29, 0.717) is 5.69 Å². The largest absolute Gasteiger partial charge is 0.371 e. The Morgan fingerprint density at radius 2 is 2.05 bits per heavy atom. The van der Waals surface area contributed by atoms with Crippen LogP contribution in [0.15, 0.2) is 30.5 Å². The Labute approximate surface area is 122 Å². The molecule has 0 saturated carbocycles. The molecule has 2 N–H and O–H groups in total. The molecule has 2 aromatic rings. The van der Waals surface area contributed by atoms with Crippen LogP contribution in [0.4, 0.5) is 15.9 Å². The third-order valence-electron chi connectivity index (χ3n) is 3.73. The Bertz CT molecular complexity index is 700. The molecule has 0 bridgehead atoms. The Morgan fingerprint density at radius 3 is 2.86 bits per heavy atom. The monoisotopic (exact) mass is 285 g/mol. The molecule has 1 aliphatic rings. The molecule has 0 saturated heterocycles. The number of carbonyl (C=O) groups excluding carboxylic acids is 1. The molecular weight excluding hydrogens is 269 g/mol. The van der Waals surface area contributed by atoms with Crippen molar-refractivity contribution in [1.29, 1.82) is 0 Å². The fourth-order valence-corrected chi connectivity index (χ4v) is 2.64. The zero-order valence-electron chi connectivity index (χ0n) is 11.7. The second kappa shape index (κ2) is 5.52. The third kappa shape index (κ3) is 2.59. The topological polar surface area (TPSA) is 54.0 Å². The zero-order chi connectivity index (χ0) is 14.8. The fraction of sp³-hybridized carbons (Fsp3) is 0.250. The van der Waals surface area contributed by atoms with Crippen LogP contribution in [0.1, 0.15) is 27.9 Å². The van der Waals surface area contributed by atoms with Gasteiger partial charge in [-0.05, 0) is 48.6 Å². The molecule has 1 heterocycles. The first-order chi connectivity index (χ1) is 10.2. The van der Waals surface area contributed by atoms with Crippen LogP contribution in [0, 0.1) is 5.82 Å². The van der Waals surface area contributed by atoms with Gasteiger partial charge in [-0.3, -0.25) is 4.79 Å². The van der Waals surface area contributed by atoms with Gasteiger partial charge in [0.1, 0.15) is 0 Å². The molecule has 4 nitrogen and oxygen atoms in total. The minimum Gasteiger partial charge on any atom is -0.371 e. The van der Waals surface area contributed by atoms with Crippen molar-refractivity contribution >= 4 is 17.4 Å². The lowest BCUT2D eigenvalue weighted by atomic mass is 10.1. The Balaban J connectivity index is 1.83. The highest BCUT2D eigenvalue weighted by molar-refractivity contribution is 6.04. The summed E-state index contributed by atoms with van der Waals surface area (Å²) in [7, 11) is 1.56. The van der Waals surface area contributed by atoms with Crippen LogP contribution < -0.4 is 10.6 Å². The van der Waals surface area contributed by atoms with Crippen molar-refractivity contribution < 1.29 is 9.18 Å². The molecule has 0 fully saturated rings. The van der Waals surface area contributed by atoms with E-state index in [1.807, 2.05) is 18.2 Å². The van der Waals surface area contributed by atoms with E-state index >= 15 is 0 Å². The van der Waals surface area contributed by atoms with Gasteiger partial charge in [-0.2, -0.15) is 0 Å². The first-order valence-electron chi connectivity index (χ1n) is 6.94. The van der Waals surface area contributed by atoms with Gasteiger partial charge in [-0.1, -0.05) is 6.07 Å². The van der Waals surface area contributed by atoms with Crippen LogP contribution in [0.2, 0.25) is 0 Å². The third-order valence-corrected chi connectivity index (χ3v) is 3.73. The first kappa shape index (κ1) is 13.5. The summed E-state index contributed by atoms with van der Waals surface area (Å²) in [6.07, 6.45) is 4.68. The fourth-order valence-electron chi connectivity index (χ4n) is 2.64. The van der Waals surface area contributed by atoms with Crippen LogP contribution in [0.25, 0.3) is 0 Å². The average molecular weight is 285 g/mol. The number of aryl methyl sites for hydroxylation is 2. The van der Waals surface area contributed by atoms with E-state index in [4.69, 9.17) is 0 Å². The van der Waals surface area contributed by atoms with Gasteiger partial charge in [0.25, 0.3) is 5.91 Å². The first-order valence-corrected chi connectivity index (χ1v) is 6.94. The second-order valence-electron chi connectivity index (χ2n) is 5.06. The number of aromatic nitrogens is 1. The molecule has 1 aliphatic carbocycles. The number of rotatable bonds is 3. The molecule has 5 heteroatoms. The highest BCUT2D eigenvalue weighted by Gasteiger charge is 2.17. The summed E-state index contributed by atoms with van der Waals surface area (Å²) in [4.78, 5) is 16.0. The summed E-state index contributed by atoms with van der Waals surface area (Å²) >= 11 is 0. The van der Waals surface area contributed by atoms with Crippen LogP contribution in [0.5, 0.6) is 0 Å². The van der Waals surface area contributed by atoms with E-state index in [2.05, 4.69) is 15.6 Å². The van der Waals surface area contributed by atoms with Crippen molar-refractivity contribution in [1.82, 2.24) is 4.98 Å². The second-order valence-corrected chi connectivity index (χ2v) is 5.06. The molecule has 1 aromatic carbocycles. The molecule has 21 heavy (non-hydrogen) atoms. The number of nitrogens with one attached hydrogen (secondary N) is 2. The van der Waals surface area contributed by atoms with Crippen molar-refractivity contribution in [3.8, 4) is 0 Å². The molecular formula is C16H16FN3O. The number of anilines is 2. The number of halogens is 1. The van der Waals surface area contributed by atoms with Crippen LogP contribution in [-0.4, -0.2) is 17.9 Å². The van der Waals surface area contributed by atoms with E-state index in [9.17, 15) is 9.18 Å². The minimum absolute atomic E-state index is 0.0187. The number of hydrogen-bond donors (Lipinski definition) is 2. The van der Waals surface area contributed by atoms with Crippen LogP contribution in [-0.2, 0) is 12.8 Å². The Morgan fingerprint density at radius 1 is 1.24 bits per heavy atom. The van der Waals surface area contributed by atoms with Crippen molar-refractivity contribution in [3.63, 3.8) is 0 Å². The summed E-state index contributed by atoms with van der Waals surface area (Å²) in [6, 6.07) is 7.23. The van der Waals surface area contributed by atoms with Crippen LogP contribution >= 0.6 is 0 Å². The molecule has 0 aliphatic heterocycles. The normalized spacial score (nSPS) is 12.9. The van der Waals surface area contributed by atoms with Crippen LogP contribution in [0.3, 0.4) is 0 Å². The molecule has 0 atom stereocenters. The van der Waals surface area contributed by atoms with E-state index in [0.717, 1.165) is 19.3 Å². The predicted octanol–water partition coefficient (Wildman–Crippen LogP) is 3.00. The number of nitrogens with zero attached hydrogens (tertiary/aromatic N) is 1. The lowest BCUT2D eigenvalue weighted by Gasteiger charge is -2.09. The SMILES string of the molecule is CNc1nccc(C(=O)Nc2ccc3c(c2)CCC3)c1F. The van der Waals surface area contributed by atoms with Gasteiger partial charge < -0.3 is 10.6 Å². The molecule has 1 aromatic heterocycles. The highest BCUT2D eigenvalue weighted by atomic mass is 19.1. The van der Waals surface area contributed by atoms with Gasteiger partial charge in [0.05, 0.1) is 5.56 Å². The number of carbonyl (C=O) groups is 1. The van der Waals surface area contributed by atoms with E-state index < -0.39 is 11.7 Å². The average Bonchev–Trinajstić information content (AvgIpc) is 2.95. The van der Waals surface area contributed by atoms with Gasteiger partial charge >= 0.3 is 0 Å². The van der Waals surface area contributed by atoms with Gasteiger partial charge in [0.15, 0.2) is 11.6 Å². The molecule has 108 valence electrons. The molecule has 0 radical (unpaired) electrons. The maximum atomic E-state index is 14.1. The minimum atomic E-state index is -0.640. The predicted molar refractivity (Wildman–Crippen MR) is 80.2 cm³/mol. The van der Waals surface area contributed by atoms with E-state index in [1.54, 1.807) is 7.05 Å². The standard InChI is InChI=1S/C16H16FN3O/c1-18-15-14(17)13(7-8-19-15)16(21)20-12-6-5-10-3-2-4-11(10)9-12/h5-9H,2-4H2,1H3,(H,18,19)(H,20,21). The van der Waals surface area contributed by atoms with E-state index in [-0.39, 0.29) is 11.4 Å². The lowest BCUT2D eigenvalue weighted by Crippen LogP contribution is -2.15. The maximum absolute atomic E-state index is 14.1. The van der Waals surface area contributed by atoms with Crippen molar-refractivity contribution in [2.45, 2.75) is 19.3 Å². The van der Waals surface area contributed by atoms with Gasteiger partial charge in [0, 0.05) is 18.9 Å². The Kier molecular flexibility index (Phi) is 3.56. The Hall–Kier alpha value is -2.43. The molecule has 1 amide bonds. The lowest BCUT2D eigenvalue weighted by molar-refractivity contribution is 0.102. The number of hydrogen-bond acceptors (Lipinski definition) is 3. The van der Waals surface area contributed by atoms with Gasteiger partial charge in [-0.15, -0.1) is 0 Å². The number of pyridine rings is 1. The summed E-state index contributed by atoms with van der Waals surface area (Å²) in [6.45, 7) is 0. The van der Waals surface area contributed by atoms with Gasteiger partial charge in [-0.25, -0.2) is 9.37 Å². The highest BCUT2D eigenvalue weighted by Crippen LogP contribution is 2.25. The quantitative estimate of drug-likeness (QED) is 0.911. The van der Waals surface area contributed by atoms with Crippen molar-refractivity contribution in [3.05, 3.63) is 53.0 Å². The summed E-state index contributed by atoms with van der Waals surface area (Å²) < 4.78 is 14.1. The number of benzene rings is 1. The zero-order valence-corrected chi connectivity index (χ0v) is 11.7. The van der Waals surface area contributed by atoms with E-state index in [1.165, 1.54) is 23.4 Å². The number of amides is 1.